The standard InChI is InChI=1S/C18H25N3O2.C16H21N3O/c1-12(20(2)3)13-7-8-14-16(10-13)21(11-23-4)18(22)15-6-5-9-19-17(14)15;1-10(19(2)3)11-6-7-12-14(9-11)18-16(20)13-5-4-8-17-15(12)13/h7-8,10,12,19H,5-6,9,11H2,1-4H3;6-7,9-10,17H,4-5,8H2,1-3H3,(H,18,20). The van der Waals surface area contributed by atoms with Crippen LogP contribution in [0.4, 0.5) is 11.4 Å². The Morgan fingerprint density at radius 2 is 1.37 bits per heavy atom. The lowest BCUT2D eigenvalue weighted by atomic mass is 9.98. The summed E-state index contributed by atoms with van der Waals surface area (Å²) < 4.78 is 7.04. The zero-order valence-electron chi connectivity index (χ0n) is 26.6. The van der Waals surface area contributed by atoms with E-state index in [9.17, 15) is 9.59 Å². The molecule has 2 aromatic heterocycles. The predicted molar refractivity (Wildman–Crippen MR) is 178 cm³/mol. The first-order chi connectivity index (χ1) is 20.6. The summed E-state index contributed by atoms with van der Waals surface area (Å²) in [5, 5.41) is 9.03. The van der Waals surface area contributed by atoms with Gasteiger partial charge in [0.25, 0.3) is 11.1 Å². The number of aromatic amines is 1. The van der Waals surface area contributed by atoms with E-state index >= 15 is 0 Å². The Hall–Kier alpha value is -3.66. The van der Waals surface area contributed by atoms with Gasteiger partial charge in [0.2, 0.25) is 0 Å². The van der Waals surface area contributed by atoms with Gasteiger partial charge in [-0.1, -0.05) is 24.3 Å². The third kappa shape index (κ3) is 6.07. The van der Waals surface area contributed by atoms with Crippen molar-refractivity contribution in [3.63, 3.8) is 0 Å². The number of benzene rings is 2. The van der Waals surface area contributed by atoms with Crippen LogP contribution >= 0.6 is 0 Å². The van der Waals surface area contributed by atoms with Crippen LogP contribution in [0.1, 0.15) is 61.0 Å². The monoisotopic (exact) mass is 586 g/mol. The molecule has 9 nitrogen and oxygen atoms in total. The first-order valence-corrected chi connectivity index (χ1v) is 15.3. The maximum atomic E-state index is 12.9. The molecule has 0 aliphatic carbocycles. The lowest BCUT2D eigenvalue weighted by Crippen LogP contribution is -2.29. The van der Waals surface area contributed by atoms with Crippen molar-refractivity contribution in [1.82, 2.24) is 19.4 Å². The fourth-order valence-corrected chi connectivity index (χ4v) is 6.09. The van der Waals surface area contributed by atoms with Crippen LogP contribution in [0.15, 0.2) is 46.0 Å². The van der Waals surface area contributed by atoms with E-state index in [-0.39, 0.29) is 23.9 Å². The van der Waals surface area contributed by atoms with Crippen molar-refractivity contribution in [2.24, 2.45) is 0 Å². The van der Waals surface area contributed by atoms with Crippen LogP contribution in [0.5, 0.6) is 0 Å². The van der Waals surface area contributed by atoms with Gasteiger partial charge in [-0.3, -0.25) is 14.2 Å². The average molecular weight is 587 g/mol. The first-order valence-electron chi connectivity index (χ1n) is 15.3. The lowest BCUT2D eigenvalue weighted by Gasteiger charge is -2.24. The van der Waals surface area contributed by atoms with Gasteiger partial charge in [0.15, 0.2) is 0 Å². The molecule has 6 rings (SSSR count). The number of nitrogens with one attached hydrogen (secondary N) is 3. The molecule has 0 radical (unpaired) electrons. The first kappa shape index (κ1) is 30.8. The molecule has 0 saturated carbocycles. The van der Waals surface area contributed by atoms with E-state index < -0.39 is 0 Å². The highest BCUT2D eigenvalue weighted by molar-refractivity contribution is 5.94. The Labute approximate surface area is 253 Å². The zero-order valence-corrected chi connectivity index (χ0v) is 26.6. The predicted octanol–water partition coefficient (Wildman–Crippen LogP) is 5.09. The fourth-order valence-electron chi connectivity index (χ4n) is 6.09. The minimum atomic E-state index is 0.0503. The second-order valence-electron chi connectivity index (χ2n) is 12.2. The van der Waals surface area contributed by atoms with Crippen LogP contribution in [-0.2, 0) is 24.3 Å². The van der Waals surface area contributed by atoms with Gasteiger partial charge < -0.3 is 30.2 Å². The molecule has 2 aromatic carbocycles. The average Bonchev–Trinajstić information content (AvgIpc) is 3.02. The topological polar surface area (TPSA) is 94.6 Å². The summed E-state index contributed by atoms with van der Waals surface area (Å²) in [6, 6.07) is 13.4. The highest BCUT2D eigenvalue weighted by Gasteiger charge is 2.21. The molecule has 0 amide bonds. The van der Waals surface area contributed by atoms with E-state index in [0.29, 0.717) is 6.04 Å². The molecule has 2 aliphatic rings. The molecule has 0 spiro atoms. The van der Waals surface area contributed by atoms with Gasteiger partial charge in [0.1, 0.15) is 6.73 Å². The number of anilines is 2. The SMILES string of the molecule is CC(c1ccc2c3c(c(=O)[nH]c2c1)CCCN3)N(C)C.COCn1c(=O)c2c(c3ccc(C(C)N(C)C)cc31)NCCC2. The highest BCUT2D eigenvalue weighted by Crippen LogP contribution is 2.32. The van der Waals surface area contributed by atoms with Gasteiger partial charge >= 0.3 is 0 Å². The molecular formula is C34H46N6O3. The highest BCUT2D eigenvalue weighted by atomic mass is 16.5. The molecule has 230 valence electrons. The maximum absolute atomic E-state index is 12.9. The molecule has 2 atom stereocenters. The lowest BCUT2D eigenvalue weighted by molar-refractivity contribution is 0.131. The summed E-state index contributed by atoms with van der Waals surface area (Å²) in [5.41, 5.74) is 8.21. The van der Waals surface area contributed by atoms with Crippen molar-refractivity contribution < 1.29 is 4.74 Å². The van der Waals surface area contributed by atoms with E-state index in [1.54, 1.807) is 11.7 Å². The number of H-pyrrole nitrogens is 1. The Bertz CT molecular complexity index is 1740. The molecule has 3 N–H and O–H groups in total. The van der Waals surface area contributed by atoms with E-state index in [2.05, 4.69) is 104 Å². The van der Waals surface area contributed by atoms with Gasteiger partial charge in [0, 0.05) is 54.2 Å². The smallest absolute Gasteiger partial charge is 0.258 e. The number of rotatable bonds is 6. The number of hydrogen-bond donors (Lipinski definition) is 3. The summed E-state index contributed by atoms with van der Waals surface area (Å²) in [6.07, 6.45) is 3.72. The fraction of sp³-hybridized carbons (Fsp3) is 0.471. The molecule has 4 heterocycles. The van der Waals surface area contributed by atoms with Crippen molar-refractivity contribution in [1.29, 1.82) is 0 Å². The summed E-state index contributed by atoms with van der Waals surface area (Å²) in [5.74, 6) is 0. The van der Waals surface area contributed by atoms with Crippen LogP contribution in [-0.4, -0.2) is 67.7 Å². The third-order valence-electron chi connectivity index (χ3n) is 9.11. The van der Waals surface area contributed by atoms with Crippen LogP contribution < -0.4 is 21.8 Å². The van der Waals surface area contributed by atoms with Crippen molar-refractivity contribution >= 4 is 33.2 Å². The minimum absolute atomic E-state index is 0.0503. The number of nitrogens with zero attached hydrogens (tertiary/aromatic N) is 3. The van der Waals surface area contributed by atoms with Crippen LogP contribution in [0, 0.1) is 0 Å². The number of ether oxygens (including phenoxy) is 1. The normalized spacial score (nSPS) is 15.7. The molecule has 9 heteroatoms. The molecular weight excluding hydrogens is 540 g/mol. The molecule has 0 bridgehead atoms. The summed E-state index contributed by atoms with van der Waals surface area (Å²) in [4.78, 5) is 32.4. The second kappa shape index (κ2) is 12.9. The minimum Gasteiger partial charge on any atom is -0.384 e. The summed E-state index contributed by atoms with van der Waals surface area (Å²) >= 11 is 0. The van der Waals surface area contributed by atoms with Gasteiger partial charge in [-0.25, -0.2) is 0 Å². The quantitative estimate of drug-likeness (QED) is 0.290. The molecule has 4 aromatic rings. The van der Waals surface area contributed by atoms with Gasteiger partial charge in [0.05, 0.1) is 22.4 Å². The van der Waals surface area contributed by atoms with Crippen molar-refractivity contribution in [2.45, 2.75) is 58.3 Å². The maximum Gasteiger partial charge on any atom is 0.258 e. The van der Waals surface area contributed by atoms with Crippen molar-refractivity contribution in [2.75, 3.05) is 59.0 Å². The molecule has 0 fully saturated rings. The van der Waals surface area contributed by atoms with Gasteiger partial charge in [-0.2, -0.15) is 0 Å². The summed E-state index contributed by atoms with van der Waals surface area (Å²) in [6.45, 7) is 6.47. The Morgan fingerprint density at radius 1 is 0.814 bits per heavy atom. The van der Waals surface area contributed by atoms with Gasteiger partial charge in [-0.05, 0) is 91.0 Å². The largest absolute Gasteiger partial charge is 0.384 e. The van der Waals surface area contributed by atoms with Crippen LogP contribution in [0.2, 0.25) is 0 Å². The number of methoxy groups -OCH3 is 1. The molecule has 43 heavy (non-hydrogen) atoms. The number of fused-ring (bicyclic) bond motifs is 6. The zero-order chi connectivity index (χ0) is 30.8. The Kier molecular flexibility index (Phi) is 9.25. The Morgan fingerprint density at radius 3 is 1.98 bits per heavy atom. The van der Waals surface area contributed by atoms with Crippen molar-refractivity contribution in [3.05, 3.63) is 79.4 Å². The third-order valence-corrected chi connectivity index (χ3v) is 9.11. The molecule has 0 saturated heterocycles. The second-order valence-corrected chi connectivity index (χ2v) is 12.2. The van der Waals surface area contributed by atoms with E-state index in [1.807, 2.05) is 0 Å². The van der Waals surface area contributed by atoms with E-state index in [4.69, 9.17) is 4.74 Å². The van der Waals surface area contributed by atoms with Crippen LogP contribution in [0.3, 0.4) is 0 Å². The van der Waals surface area contributed by atoms with E-state index in [0.717, 1.165) is 83.1 Å². The van der Waals surface area contributed by atoms with E-state index in [1.165, 1.54) is 11.1 Å². The number of hydrogen-bond acceptors (Lipinski definition) is 7. The Balaban J connectivity index is 0.000000173. The molecule has 2 aliphatic heterocycles. The van der Waals surface area contributed by atoms with Gasteiger partial charge in [-0.15, -0.1) is 0 Å². The molecule has 2 unspecified atom stereocenters. The number of pyridine rings is 2. The summed E-state index contributed by atoms with van der Waals surface area (Å²) in [7, 11) is 9.87. The van der Waals surface area contributed by atoms with Crippen molar-refractivity contribution in [3.8, 4) is 0 Å². The number of aromatic nitrogens is 2. The van der Waals surface area contributed by atoms with Crippen LogP contribution in [0.25, 0.3) is 21.8 Å².